The van der Waals surface area contributed by atoms with Crippen molar-refractivity contribution in [2.75, 3.05) is 29.1 Å². The van der Waals surface area contributed by atoms with E-state index >= 15 is 0 Å². The van der Waals surface area contributed by atoms with Crippen molar-refractivity contribution in [1.29, 1.82) is 0 Å². The van der Waals surface area contributed by atoms with Gasteiger partial charge in [0, 0.05) is 23.3 Å². The molecule has 0 radical (unpaired) electrons. The van der Waals surface area contributed by atoms with E-state index in [2.05, 4.69) is 15.3 Å². The molecule has 1 aromatic rings. The Balaban J connectivity index is 2.93. The number of nitrogens with zero attached hydrogens (tertiary/aromatic N) is 2. The van der Waals surface area contributed by atoms with Gasteiger partial charge in [0.05, 0.1) is 5.75 Å². The highest BCUT2D eigenvalue weighted by Crippen LogP contribution is 2.24. The summed E-state index contributed by atoms with van der Waals surface area (Å²) in [6.45, 7) is 9.78. The van der Waals surface area contributed by atoms with Crippen LogP contribution < -0.4 is 11.1 Å². The van der Waals surface area contributed by atoms with Crippen LogP contribution in [0.4, 0.5) is 11.6 Å². The summed E-state index contributed by atoms with van der Waals surface area (Å²) in [5.41, 5.74) is 6.42. The van der Waals surface area contributed by atoms with E-state index in [-0.39, 0.29) is 16.9 Å². The number of sulfone groups is 1. The fraction of sp³-hybridized carbons (Fsp3) is 0.692. The summed E-state index contributed by atoms with van der Waals surface area (Å²) in [5, 5.41) is 3.05. The number of rotatable bonds is 5. The molecule has 6 nitrogen and oxygen atoms in total. The van der Waals surface area contributed by atoms with E-state index < -0.39 is 9.84 Å². The summed E-state index contributed by atoms with van der Waals surface area (Å²) in [6.07, 6.45) is 0. The molecule has 0 aliphatic rings. The molecule has 0 saturated carbocycles. The molecular formula is C13H24N4O2S. The second-order valence-electron chi connectivity index (χ2n) is 5.82. The Hall–Kier alpha value is -1.37. The van der Waals surface area contributed by atoms with Crippen LogP contribution in [0.5, 0.6) is 0 Å². The Bertz CT molecular complexity index is 577. The summed E-state index contributed by atoms with van der Waals surface area (Å²) in [5.74, 6) is 1.89. The third-order valence-corrected chi connectivity index (χ3v) is 4.71. The predicted octanol–water partition coefficient (Wildman–Crippen LogP) is 1.51. The Morgan fingerprint density at radius 3 is 2.35 bits per heavy atom. The van der Waals surface area contributed by atoms with Gasteiger partial charge in [-0.15, -0.1) is 0 Å². The lowest BCUT2D eigenvalue weighted by molar-refractivity contribution is 0.546. The maximum Gasteiger partial charge on any atom is 0.151 e. The first-order chi connectivity index (χ1) is 9.07. The number of hydrogen-bond acceptors (Lipinski definition) is 6. The van der Waals surface area contributed by atoms with Crippen LogP contribution in [0.15, 0.2) is 0 Å². The third-order valence-electron chi connectivity index (χ3n) is 3.00. The molecule has 1 heterocycles. The Morgan fingerprint density at radius 1 is 1.25 bits per heavy atom. The van der Waals surface area contributed by atoms with E-state index in [9.17, 15) is 8.42 Å². The maximum absolute atomic E-state index is 11.5. The van der Waals surface area contributed by atoms with E-state index in [1.807, 2.05) is 27.7 Å². The van der Waals surface area contributed by atoms with Crippen LogP contribution in [-0.4, -0.2) is 36.4 Å². The summed E-state index contributed by atoms with van der Waals surface area (Å²) in [6, 6.07) is 0. The van der Waals surface area contributed by atoms with Gasteiger partial charge >= 0.3 is 0 Å². The number of nitrogen functional groups attached to an aromatic ring is 1. The highest BCUT2D eigenvalue weighted by Gasteiger charge is 2.20. The van der Waals surface area contributed by atoms with Crippen LogP contribution in [0.2, 0.25) is 0 Å². The third kappa shape index (κ3) is 4.33. The fourth-order valence-corrected chi connectivity index (χ4v) is 2.21. The van der Waals surface area contributed by atoms with Crippen molar-refractivity contribution in [1.82, 2.24) is 9.97 Å². The van der Waals surface area contributed by atoms with Crippen molar-refractivity contribution in [3.8, 4) is 0 Å². The molecule has 0 aliphatic heterocycles. The average molecular weight is 300 g/mol. The molecule has 7 heteroatoms. The quantitative estimate of drug-likeness (QED) is 0.855. The Morgan fingerprint density at radius 2 is 1.85 bits per heavy atom. The number of nitrogens with one attached hydrogen (secondary N) is 1. The topological polar surface area (TPSA) is 98.0 Å². The zero-order chi connectivity index (χ0) is 15.6. The highest BCUT2D eigenvalue weighted by molar-refractivity contribution is 7.91. The minimum absolute atomic E-state index is 0.0811. The molecule has 114 valence electrons. The molecule has 20 heavy (non-hydrogen) atoms. The predicted molar refractivity (Wildman–Crippen MR) is 82.7 cm³/mol. The molecule has 0 aromatic carbocycles. The van der Waals surface area contributed by atoms with E-state index in [0.717, 1.165) is 5.56 Å². The van der Waals surface area contributed by atoms with Gasteiger partial charge in [0.1, 0.15) is 17.5 Å². The first-order valence-corrected chi connectivity index (χ1v) is 8.48. The van der Waals surface area contributed by atoms with Gasteiger partial charge in [0.2, 0.25) is 0 Å². The van der Waals surface area contributed by atoms with Crippen LogP contribution in [0.1, 0.15) is 39.1 Å². The summed E-state index contributed by atoms with van der Waals surface area (Å²) < 4.78 is 22.9. The lowest BCUT2D eigenvalue weighted by Crippen LogP contribution is -2.22. The van der Waals surface area contributed by atoms with E-state index in [4.69, 9.17) is 5.73 Å². The molecular weight excluding hydrogens is 276 g/mol. The summed E-state index contributed by atoms with van der Waals surface area (Å²) in [4.78, 5) is 8.74. The van der Waals surface area contributed by atoms with Crippen LogP contribution in [0, 0.1) is 6.92 Å². The molecule has 1 rings (SSSR count). The molecule has 0 amide bonds. The first-order valence-electron chi connectivity index (χ1n) is 6.65. The zero-order valence-corrected chi connectivity index (χ0v) is 13.6. The van der Waals surface area contributed by atoms with Crippen molar-refractivity contribution >= 4 is 21.5 Å². The van der Waals surface area contributed by atoms with Crippen LogP contribution in [0.3, 0.4) is 0 Å². The summed E-state index contributed by atoms with van der Waals surface area (Å²) >= 11 is 0. The van der Waals surface area contributed by atoms with Gasteiger partial charge in [-0.25, -0.2) is 18.4 Å². The molecule has 0 aliphatic carbocycles. The lowest BCUT2D eigenvalue weighted by atomic mass is 9.95. The van der Waals surface area contributed by atoms with Crippen molar-refractivity contribution in [3.63, 3.8) is 0 Å². The van der Waals surface area contributed by atoms with Gasteiger partial charge in [0.25, 0.3) is 0 Å². The summed E-state index contributed by atoms with van der Waals surface area (Å²) in [7, 11) is -2.99. The van der Waals surface area contributed by atoms with Crippen molar-refractivity contribution in [3.05, 3.63) is 11.4 Å². The zero-order valence-electron chi connectivity index (χ0n) is 12.8. The van der Waals surface area contributed by atoms with Gasteiger partial charge in [0.15, 0.2) is 9.84 Å². The largest absolute Gasteiger partial charge is 0.383 e. The molecule has 1 aromatic heterocycles. The minimum Gasteiger partial charge on any atom is -0.383 e. The van der Waals surface area contributed by atoms with Crippen LogP contribution in [-0.2, 0) is 15.3 Å². The number of hydrogen-bond donors (Lipinski definition) is 2. The van der Waals surface area contributed by atoms with Gasteiger partial charge in [-0.05, 0) is 6.92 Å². The number of nitrogens with two attached hydrogens (primary N) is 1. The second kappa shape index (κ2) is 5.95. The first kappa shape index (κ1) is 16.7. The van der Waals surface area contributed by atoms with Crippen molar-refractivity contribution in [2.24, 2.45) is 0 Å². The van der Waals surface area contributed by atoms with E-state index in [1.165, 1.54) is 0 Å². The van der Waals surface area contributed by atoms with Crippen LogP contribution >= 0.6 is 0 Å². The second-order valence-corrected chi connectivity index (χ2v) is 8.29. The molecule has 0 bridgehead atoms. The highest BCUT2D eigenvalue weighted by atomic mass is 32.2. The van der Waals surface area contributed by atoms with Crippen molar-refractivity contribution in [2.45, 2.75) is 40.0 Å². The Kier molecular flexibility index (Phi) is 4.96. The molecule has 0 fully saturated rings. The van der Waals surface area contributed by atoms with Crippen molar-refractivity contribution < 1.29 is 8.42 Å². The maximum atomic E-state index is 11.5. The van der Waals surface area contributed by atoms with Gasteiger partial charge in [-0.2, -0.15) is 0 Å². The Labute approximate surface area is 121 Å². The number of aromatic nitrogens is 2. The average Bonchev–Trinajstić information content (AvgIpc) is 2.32. The molecule has 0 saturated heterocycles. The van der Waals surface area contributed by atoms with E-state index in [1.54, 1.807) is 6.92 Å². The van der Waals surface area contributed by atoms with Gasteiger partial charge in [-0.3, -0.25) is 0 Å². The normalized spacial score (nSPS) is 12.4. The monoisotopic (exact) mass is 300 g/mol. The smallest absolute Gasteiger partial charge is 0.151 e. The molecule has 0 atom stereocenters. The van der Waals surface area contributed by atoms with Gasteiger partial charge in [-0.1, -0.05) is 27.7 Å². The lowest BCUT2D eigenvalue weighted by Gasteiger charge is -2.19. The van der Waals surface area contributed by atoms with Gasteiger partial charge < -0.3 is 11.1 Å². The SMILES string of the molecule is CCS(=O)(=O)CCNc1nc(C(C)(C)C)nc(N)c1C. The molecule has 0 unspecified atom stereocenters. The van der Waals surface area contributed by atoms with E-state index in [0.29, 0.717) is 24.0 Å². The standard InChI is InChI=1S/C13H24N4O2S/c1-6-20(18,19)8-7-15-11-9(2)10(14)16-12(17-11)13(3,4)5/h6-8H2,1-5H3,(H3,14,15,16,17). The molecule has 3 N–H and O–H groups in total. The minimum atomic E-state index is -2.99. The number of anilines is 2. The fourth-order valence-electron chi connectivity index (χ4n) is 1.51. The molecule has 0 spiro atoms. The van der Waals surface area contributed by atoms with Crippen LogP contribution in [0.25, 0.3) is 0 Å².